The molecule has 150 valence electrons. The molecule has 4 rings (SSSR count). The van der Waals surface area contributed by atoms with Crippen LogP contribution < -0.4 is 10.3 Å². The normalized spacial score (nSPS) is 11.2. The molecule has 6 nitrogen and oxygen atoms in total. The Hall–Kier alpha value is -3.71. The molecule has 0 fully saturated rings. The predicted molar refractivity (Wildman–Crippen MR) is 118 cm³/mol. The maximum atomic E-state index is 12.7. The van der Waals surface area contributed by atoms with Gasteiger partial charge in [-0.25, -0.2) is 13.1 Å². The summed E-state index contributed by atoms with van der Waals surface area (Å²) in [6.07, 6.45) is 0. The van der Waals surface area contributed by atoms with Gasteiger partial charge in [0.15, 0.2) is 0 Å². The molecule has 4 aromatic rings. The van der Waals surface area contributed by atoms with Crippen LogP contribution in [0.5, 0.6) is 0 Å². The number of hydrogen-bond acceptors (Lipinski definition) is 4. The Bertz CT molecular complexity index is 1330. The topological polar surface area (TPSA) is 81.1 Å². The molecule has 3 aromatic carbocycles. The van der Waals surface area contributed by atoms with Gasteiger partial charge in [-0.3, -0.25) is 9.52 Å². The van der Waals surface area contributed by atoms with Crippen molar-refractivity contribution in [2.75, 3.05) is 4.72 Å². The van der Waals surface area contributed by atoms with E-state index in [1.165, 1.54) is 10.7 Å². The number of aryl methyl sites for hydroxylation is 1. The van der Waals surface area contributed by atoms with Gasteiger partial charge >= 0.3 is 0 Å². The molecule has 0 aliphatic carbocycles. The van der Waals surface area contributed by atoms with Crippen molar-refractivity contribution in [3.8, 4) is 22.4 Å². The zero-order valence-electron chi connectivity index (χ0n) is 16.2. The largest absolute Gasteiger partial charge is 0.280 e. The van der Waals surface area contributed by atoms with Crippen LogP contribution >= 0.6 is 0 Å². The highest BCUT2D eigenvalue weighted by molar-refractivity contribution is 7.92. The van der Waals surface area contributed by atoms with Crippen molar-refractivity contribution >= 4 is 15.7 Å². The van der Waals surface area contributed by atoms with Crippen molar-refractivity contribution in [2.24, 2.45) is 7.05 Å². The number of benzene rings is 3. The van der Waals surface area contributed by atoms with Gasteiger partial charge in [-0.2, -0.15) is 5.10 Å². The Morgan fingerprint density at radius 3 is 1.97 bits per heavy atom. The molecule has 0 bridgehead atoms. The first kappa shape index (κ1) is 19.6. The first-order valence-corrected chi connectivity index (χ1v) is 10.7. The summed E-state index contributed by atoms with van der Waals surface area (Å²) in [5, 5.41) is 4.19. The second kappa shape index (κ2) is 7.96. The number of hydrogen-bond donors (Lipinski definition) is 1. The zero-order chi connectivity index (χ0) is 21.1. The highest BCUT2D eigenvalue weighted by Crippen LogP contribution is 2.24. The third-order valence-corrected chi connectivity index (χ3v) is 6.06. The average molecular weight is 417 g/mol. The maximum Gasteiger partial charge on any atom is 0.266 e. The first-order valence-electron chi connectivity index (χ1n) is 9.25. The zero-order valence-corrected chi connectivity index (χ0v) is 17.0. The molecular formula is C23H19N3O3S. The fraction of sp³-hybridized carbons (Fsp3) is 0.0435. The van der Waals surface area contributed by atoms with Crippen molar-refractivity contribution < 1.29 is 8.42 Å². The smallest absolute Gasteiger partial charge is 0.266 e. The van der Waals surface area contributed by atoms with Gasteiger partial charge in [0.2, 0.25) is 0 Å². The molecule has 0 radical (unpaired) electrons. The second-order valence-corrected chi connectivity index (χ2v) is 8.44. The molecule has 0 unspecified atom stereocenters. The van der Waals surface area contributed by atoms with Crippen LogP contribution in [0.4, 0.5) is 5.69 Å². The minimum atomic E-state index is -3.71. The van der Waals surface area contributed by atoms with E-state index in [4.69, 9.17) is 0 Å². The van der Waals surface area contributed by atoms with Gasteiger partial charge < -0.3 is 0 Å². The van der Waals surface area contributed by atoms with Gasteiger partial charge in [-0.15, -0.1) is 0 Å². The van der Waals surface area contributed by atoms with E-state index in [-0.39, 0.29) is 10.5 Å². The van der Waals surface area contributed by atoms with Crippen LogP contribution in [-0.4, -0.2) is 18.2 Å². The van der Waals surface area contributed by atoms with Crippen molar-refractivity contribution in [3.63, 3.8) is 0 Å². The molecule has 0 saturated heterocycles. The number of rotatable bonds is 5. The van der Waals surface area contributed by atoms with Crippen LogP contribution in [0.1, 0.15) is 0 Å². The van der Waals surface area contributed by atoms with E-state index in [9.17, 15) is 13.2 Å². The minimum Gasteiger partial charge on any atom is -0.280 e. The van der Waals surface area contributed by atoms with Gasteiger partial charge in [0.05, 0.1) is 10.6 Å². The number of nitrogens with zero attached hydrogens (tertiary/aromatic N) is 2. The first-order chi connectivity index (χ1) is 14.4. The summed E-state index contributed by atoms with van der Waals surface area (Å²) in [4.78, 5) is 11.7. The quantitative estimate of drug-likeness (QED) is 0.534. The van der Waals surface area contributed by atoms with Gasteiger partial charge in [0.1, 0.15) is 0 Å². The molecule has 0 amide bonds. The lowest BCUT2D eigenvalue weighted by molar-refractivity contribution is 0.601. The number of nitrogens with one attached hydrogen (secondary N) is 1. The summed E-state index contributed by atoms with van der Waals surface area (Å²) in [5.74, 6) is 0. The monoisotopic (exact) mass is 417 g/mol. The van der Waals surface area contributed by atoms with Crippen molar-refractivity contribution in [2.45, 2.75) is 4.90 Å². The fourth-order valence-corrected chi connectivity index (χ4v) is 4.10. The SMILES string of the molecule is Cn1nc(-c2ccc(NS(=O)(=O)c3ccc(-c4ccccc4)cc3)cc2)ccc1=O. The van der Waals surface area contributed by atoms with E-state index in [0.717, 1.165) is 16.7 Å². The third kappa shape index (κ3) is 4.16. The van der Waals surface area contributed by atoms with E-state index in [2.05, 4.69) is 9.82 Å². The summed E-state index contributed by atoms with van der Waals surface area (Å²) in [6.45, 7) is 0. The highest BCUT2D eigenvalue weighted by Gasteiger charge is 2.14. The average Bonchev–Trinajstić information content (AvgIpc) is 2.77. The van der Waals surface area contributed by atoms with E-state index in [1.54, 1.807) is 61.6 Å². The van der Waals surface area contributed by atoms with Crippen LogP contribution in [-0.2, 0) is 17.1 Å². The lowest BCUT2D eigenvalue weighted by atomic mass is 10.1. The van der Waals surface area contributed by atoms with E-state index >= 15 is 0 Å². The van der Waals surface area contributed by atoms with Gasteiger partial charge in [0, 0.05) is 24.4 Å². The molecule has 0 spiro atoms. The third-order valence-electron chi connectivity index (χ3n) is 4.67. The minimum absolute atomic E-state index is 0.186. The standard InChI is InChI=1S/C23H19N3O3S/c1-26-23(27)16-15-22(24-26)19-7-11-20(12-8-19)25-30(28,29)21-13-9-18(10-14-21)17-5-3-2-4-6-17/h2-16,25H,1H3. The Morgan fingerprint density at radius 1 is 0.733 bits per heavy atom. The molecule has 30 heavy (non-hydrogen) atoms. The maximum absolute atomic E-state index is 12.7. The Balaban J connectivity index is 1.53. The molecule has 1 heterocycles. The summed E-state index contributed by atoms with van der Waals surface area (Å²) in [7, 11) is -2.13. The van der Waals surface area contributed by atoms with Crippen LogP contribution in [0.15, 0.2) is 101 Å². The summed E-state index contributed by atoms with van der Waals surface area (Å²) in [6, 6.07) is 26.4. The molecule has 1 N–H and O–H groups in total. The van der Waals surface area contributed by atoms with Gasteiger partial charge in [-0.05, 0) is 41.5 Å². The molecule has 1 aromatic heterocycles. The van der Waals surface area contributed by atoms with Gasteiger partial charge in [0.25, 0.3) is 15.6 Å². The van der Waals surface area contributed by atoms with Crippen molar-refractivity contribution in [3.05, 3.63) is 101 Å². The highest BCUT2D eigenvalue weighted by atomic mass is 32.2. The fourth-order valence-electron chi connectivity index (χ4n) is 3.04. The van der Waals surface area contributed by atoms with Crippen LogP contribution in [0.25, 0.3) is 22.4 Å². The number of aromatic nitrogens is 2. The Labute approximate surface area is 174 Å². The number of sulfonamides is 1. The molecule has 0 aliphatic rings. The summed E-state index contributed by atoms with van der Waals surface area (Å²) < 4.78 is 29.3. The second-order valence-electron chi connectivity index (χ2n) is 6.75. The molecule has 0 saturated carbocycles. The van der Waals surface area contributed by atoms with E-state index in [0.29, 0.717) is 11.4 Å². The molecule has 0 atom stereocenters. The van der Waals surface area contributed by atoms with E-state index in [1.807, 2.05) is 30.3 Å². The molecule has 0 aliphatic heterocycles. The summed E-state index contributed by atoms with van der Waals surface area (Å²) in [5.41, 5.74) is 3.63. The van der Waals surface area contributed by atoms with Gasteiger partial charge in [-0.1, -0.05) is 54.6 Å². The number of anilines is 1. The van der Waals surface area contributed by atoms with Crippen LogP contribution in [0, 0.1) is 0 Å². The molecular weight excluding hydrogens is 398 g/mol. The van der Waals surface area contributed by atoms with Crippen molar-refractivity contribution in [1.29, 1.82) is 0 Å². The van der Waals surface area contributed by atoms with Crippen LogP contribution in [0.2, 0.25) is 0 Å². The molecule has 7 heteroatoms. The van der Waals surface area contributed by atoms with Crippen molar-refractivity contribution in [1.82, 2.24) is 9.78 Å². The Morgan fingerprint density at radius 2 is 1.33 bits per heavy atom. The predicted octanol–water partition coefficient (Wildman–Crippen LogP) is 3.92. The van der Waals surface area contributed by atoms with Crippen LogP contribution in [0.3, 0.4) is 0 Å². The lowest BCUT2D eigenvalue weighted by Crippen LogP contribution is -2.18. The lowest BCUT2D eigenvalue weighted by Gasteiger charge is -2.10. The summed E-state index contributed by atoms with van der Waals surface area (Å²) >= 11 is 0. The Kier molecular flexibility index (Phi) is 5.20. The van der Waals surface area contributed by atoms with E-state index < -0.39 is 10.0 Å².